The number of ether oxygens (including phenoxy) is 1. The van der Waals surface area contributed by atoms with Crippen LogP contribution in [0.1, 0.15) is 37.0 Å². The van der Waals surface area contributed by atoms with E-state index in [1.54, 1.807) is 19.2 Å². The number of likely N-dealkylation sites (tertiary alicyclic amines) is 1. The molecule has 1 saturated heterocycles. The third kappa shape index (κ3) is 2.83. The van der Waals surface area contributed by atoms with Gasteiger partial charge in [-0.1, -0.05) is 6.92 Å². The van der Waals surface area contributed by atoms with Gasteiger partial charge in [-0.2, -0.15) is 0 Å². The molecule has 1 N–H and O–H groups in total. The summed E-state index contributed by atoms with van der Waals surface area (Å²) in [5.74, 6) is 1.13. The Hall–Kier alpha value is -1.71. The molecule has 1 heterocycles. The molecule has 4 nitrogen and oxygen atoms in total. The number of hydrogen-bond donors (Lipinski definition) is 1. The highest BCUT2D eigenvalue weighted by molar-refractivity contribution is 5.97. The number of carbonyl (C=O) groups is 1. The average Bonchev–Trinajstić information content (AvgIpc) is 2.38. The third-order valence-corrected chi connectivity index (χ3v) is 3.83. The van der Waals surface area contributed by atoms with E-state index in [1.165, 1.54) is 6.07 Å². The van der Waals surface area contributed by atoms with E-state index in [1.807, 2.05) is 4.90 Å². The number of rotatable bonds is 2. The highest BCUT2D eigenvalue weighted by Gasteiger charge is 2.28. The van der Waals surface area contributed by atoms with Gasteiger partial charge in [0.2, 0.25) is 0 Å². The molecule has 104 valence electrons. The fourth-order valence-corrected chi connectivity index (χ4v) is 2.68. The maximum absolute atomic E-state index is 12.5. The molecule has 1 aromatic rings. The number of methoxy groups -OCH3 is 1. The minimum atomic E-state index is -0.115. The molecule has 0 saturated carbocycles. The summed E-state index contributed by atoms with van der Waals surface area (Å²) in [7, 11) is 1.55. The first-order chi connectivity index (χ1) is 9.02. The summed E-state index contributed by atoms with van der Waals surface area (Å²) in [6, 6.07) is 4.96. The smallest absolute Gasteiger partial charge is 0.257 e. The summed E-state index contributed by atoms with van der Waals surface area (Å²) in [6.07, 6.45) is 2.03. The Labute approximate surface area is 114 Å². The second-order valence-corrected chi connectivity index (χ2v) is 5.36. The van der Waals surface area contributed by atoms with Crippen molar-refractivity contribution in [1.29, 1.82) is 0 Å². The van der Waals surface area contributed by atoms with Crippen molar-refractivity contribution in [2.24, 2.45) is 5.92 Å². The summed E-state index contributed by atoms with van der Waals surface area (Å²) < 4.78 is 5.11. The molecule has 2 atom stereocenters. The van der Waals surface area contributed by atoms with Crippen molar-refractivity contribution < 1.29 is 14.6 Å². The zero-order chi connectivity index (χ0) is 14.0. The van der Waals surface area contributed by atoms with Crippen LogP contribution in [0, 0.1) is 5.92 Å². The van der Waals surface area contributed by atoms with Crippen molar-refractivity contribution in [3.8, 4) is 11.5 Å². The first-order valence-corrected chi connectivity index (χ1v) is 6.71. The summed E-state index contributed by atoms with van der Waals surface area (Å²) in [5, 5.41) is 9.87. The molecular formula is C15H21NO3. The Morgan fingerprint density at radius 3 is 2.79 bits per heavy atom. The van der Waals surface area contributed by atoms with Crippen molar-refractivity contribution in [2.45, 2.75) is 32.7 Å². The molecular weight excluding hydrogens is 242 g/mol. The van der Waals surface area contributed by atoms with Crippen LogP contribution in [0.3, 0.4) is 0 Å². The molecule has 2 unspecified atom stereocenters. The summed E-state index contributed by atoms with van der Waals surface area (Å²) in [6.45, 7) is 5.02. The van der Waals surface area contributed by atoms with E-state index < -0.39 is 0 Å². The molecule has 4 heteroatoms. The summed E-state index contributed by atoms with van der Waals surface area (Å²) >= 11 is 0. The van der Waals surface area contributed by atoms with Gasteiger partial charge >= 0.3 is 0 Å². The first-order valence-electron chi connectivity index (χ1n) is 6.71. The number of carbonyl (C=O) groups excluding carboxylic acids is 1. The molecule has 2 rings (SSSR count). The van der Waals surface area contributed by atoms with Gasteiger partial charge in [-0.25, -0.2) is 0 Å². The van der Waals surface area contributed by atoms with Crippen LogP contribution in [0.15, 0.2) is 18.2 Å². The number of nitrogens with zero attached hydrogens (tertiary/aromatic N) is 1. The van der Waals surface area contributed by atoms with Gasteiger partial charge in [-0.3, -0.25) is 4.79 Å². The fourth-order valence-electron chi connectivity index (χ4n) is 2.68. The van der Waals surface area contributed by atoms with Gasteiger partial charge in [0.25, 0.3) is 5.91 Å². The lowest BCUT2D eigenvalue weighted by molar-refractivity contribution is 0.0585. The number of benzene rings is 1. The van der Waals surface area contributed by atoms with E-state index in [4.69, 9.17) is 4.74 Å². The third-order valence-electron chi connectivity index (χ3n) is 3.83. The second-order valence-electron chi connectivity index (χ2n) is 5.36. The lowest BCUT2D eigenvalue weighted by atomic mass is 9.93. The number of phenolic OH excluding ortho intramolecular Hbond substituents is 1. The lowest BCUT2D eigenvalue weighted by Gasteiger charge is -2.36. The molecule has 1 fully saturated rings. The topological polar surface area (TPSA) is 49.8 Å². The van der Waals surface area contributed by atoms with Crippen LogP contribution in [0.5, 0.6) is 11.5 Å². The predicted molar refractivity (Wildman–Crippen MR) is 73.6 cm³/mol. The SMILES string of the molecule is COc1ccc(O)c(C(=O)N2CCC(C)CC2C)c1. The van der Waals surface area contributed by atoms with E-state index in [0.717, 1.165) is 19.4 Å². The Morgan fingerprint density at radius 1 is 1.42 bits per heavy atom. The van der Waals surface area contributed by atoms with Crippen molar-refractivity contribution in [3.63, 3.8) is 0 Å². The van der Waals surface area contributed by atoms with Gasteiger partial charge in [0.1, 0.15) is 11.5 Å². The Morgan fingerprint density at radius 2 is 2.16 bits per heavy atom. The molecule has 19 heavy (non-hydrogen) atoms. The minimum absolute atomic E-state index is 0.0108. The second kappa shape index (κ2) is 5.51. The number of amides is 1. The molecule has 0 radical (unpaired) electrons. The van der Waals surface area contributed by atoms with Crippen LogP contribution in [-0.2, 0) is 0 Å². The fraction of sp³-hybridized carbons (Fsp3) is 0.533. The highest BCUT2D eigenvalue weighted by atomic mass is 16.5. The van der Waals surface area contributed by atoms with Gasteiger partial charge in [-0.15, -0.1) is 0 Å². The monoisotopic (exact) mass is 263 g/mol. The van der Waals surface area contributed by atoms with E-state index in [0.29, 0.717) is 17.2 Å². The van der Waals surface area contributed by atoms with E-state index in [-0.39, 0.29) is 17.7 Å². The molecule has 0 bridgehead atoms. The normalized spacial score (nSPS) is 23.2. The van der Waals surface area contributed by atoms with Crippen molar-refractivity contribution in [2.75, 3.05) is 13.7 Å². The zero-order valence-corrected chi connectivity index (χ0v) is 11.7. The number of phenols is 1. The number of hydrogen-bond acceptors (Lipinski definition) is 3. The predicted octanol–water partition coefficient (Wildman–Crippen LogP) is 2.66. The number of piperidine rings is 1. The van der Waals surface area contributed by atoms with Gasteiger partial charge in [-0.05, 0) is 43.9 Å². The van der Waals surface area contributed by atoms with Gasteiger partial charge in [0.15, 0.2) is 0 Å². The Bertz CT molecular complexity index is 472. The molecule has 0 aliphatic carbocycles. The molecule has 1 aliphatic heterocycles. The summed E-state index contributed by atoms with van der Waals surface area (Å²) in [5.41, 5.74) is 0.320. The minimum Gasteiger partial charge on any atom is -0.507 e. The quantitative estimate of drug-likeness (QED) is 0.892. The Balaban J connectivity index is 2.24. The van der Waals surface area contributed by atoms with Crippen LogP contribution < -0.4 is 4.74 Å². The maximum atomic E-state index is 12.5. The van der Waals surface area contributed by atoms with Gasteiger partial charge in [0, 0.05) is 12.6 Å². The van der Waals surface area contributed by atoms with Crippen molar-refractivity contribution in [1.82, 2.24) is 4.90 Å². The molecule has 1 aromatic carbocycles. The van der Waals surface area contributed by atoms with E-state index >= 15 is 0 Å². The Kier molecular flexibility index (Phi) is 3.98. The molecule has 1 aliphatic rings. The van der Waals surface area contributed by atoms with Crippen molar-refractivity contribution >= 4 is 5.91 Å². The van der Waals surface area contributed by atoms with Crippen LogP contribution in [0.4, 0.5) is 0 Å². The standard InChI is InChI=1S/C15H21NO3/c1-10-6-7-16(11(2)8-10)15(18)13-9-12(19-3)4-5-14(13)17/h4-5,9-11,17H,6-8H2,1-3H3. The van der Waals surface area contributed by atoms with Crippen LogP contribution in [-0.4, -0.2) is 35.6 Å². The van der Waals surface area contributed by atoms with E-state index in [9.17, 15) is 9.90 Å². The average molecular weight is 263 g/mol. The molecule has 0 spiro atoms. The first kappa shape index (κ1) is 13.7. The lowest BCUT2D eigenvalue weighted by Crippen LogP contribution is -2.44. The molecule has 1 amide bonds. The number of aromatic hydroxyl groups is 1. The largest absolute Gasteiger partial charge is 0.507 e. The van der Waals surface area contributed by atoms with Crippen molar-refractivity contribution in [3.05, 3.63) is 23.8 Å². The van der Waals surface area contributed by atoms with E-state index in [2.05, 4.69) is 13.8 Å². The van der Waals surface area contributed by atoms with Gasteiger partial charge in [0.05, 0.1) is 12.7 Å². The zero-order valence-electron chi connectivity index (χ0n) is 11.7. The molecule has 0 aromatic heterocycles. The van der Waals surface area contributed by atoms with Crippen LogP contribution in [0.2, 0.25) is 0 Å². The highest BCUT2D eigenvalue weighted by Crippen LogP contribution is 2.28. The maximum Gasteiger partial charge on any atom is 0.257 e. The van der Waals surface area contributed by atoms with Gasteiger partial charge < -0.3 is 14.7 Å². The summed E-state index contributed by atoms with van der Waals surface area (Å²) in [4.78, 5) is 14.4. The van der Waals surface area contributed by atoms with Crippen LogP contribution in [0.25, 0.3) is 0 Å². The van der Waals surface area contributed by atoms with Crippen LogP contribution >= 0.6 is 0 Å².